The molecule has 13 atom stereocenters. The summed E-state index contributed by atoms with van der Waals surface area (Å²) < 4.78 is 11.9. The molecule has 25 rings (SSSR count). The fraction of sp³-hybridized carbons (Fsp3) is 0.426. The van der Waals surface area contributed by atoms with E-state index in [-0.39, 0.29) is 6.17 Å². The number of piperidine rings is 3. The van der Waals surface area contributed by atoms with Gasteiger partial charge in [-0.2, -0.15) is 0 Å². The molecule has 5 aromatic heterocycles. The number of fused-ring (bicyclic) bond motifs is 17. The number of benzene rings is 8. The Morgan fingerprint density at radius 1 is 0.395 bits per heavy atom. The van der Waals surface area contributed by atoms with Crippen molar-refractivity contribution in [3.63, 3.8) is 0 Å². The number of rotatable bonds is 5. The van der Waals surface area contributed by atoms with Gasteiger partial charge in [0.2, 0.25) is 0 Å². The number of nitrogens with zero attached hydrogens (tertiary/aromatic N) is 13. The zero-order chi connectivity index (χ0) is 78.0. The quantitative estimate of drug-likeness (QED) is 0.169. The van der Waals surface area contributed by atoms with Crippen LogP contribution in [0.1, 0.15) is 147 Å². The average molecular weight is 1520 g/mol. The molecule has 10 aliphatic heterocycles. The molecular weight excluding hydrogens is 1400 g/mol. The van der Waals surface area contributed by atoms with Gasteiger partial charge < -0.3 is 47.3 Å². The van der Waals surface area contributed by atoms with Crippen molar-refractivity contribution in [1.29, 1.82) is 0 Å². The van der Waals surface area contributed by atoms with Gasteiger partial charge in [0, 0.05) is 194 Å². The van der Waals surface area contributed by atoms with E-state index in [0.29, 0.717) is 53.2 Å². The van der Waals surface area contributed by atoms with E-state index in [1.165, 1.54) is 228 Å². The van der Waals surface area contributed by atoms with Crippen molar-refractivity contribution in [3.8, 4) is 11.1 Å². The maximum Gasteiger partial charge on any atom is 0.115 e. The predicted molar refractivity (Wildman–Crippen MR) is 480 cm³/mol. The van der Waals surface area contributed by atoms with Crippen molar-refractivity contribution < 1.29 is 0 Å². The molecule has 8 saturated heterocycles. The minimum absolute atomic E-state index is 0.179. The molecule has 8 bridgehead atoms. The molecule has 0 N–H and O–H groups in total. The number of para-hydroxylation sites is 8. The van der Waals surface area contributed by atoms with Crippen LogP contribution >= 0.6 is 0 Å². The Morgan fingerprint density at radius 3 is 1.56 bits per heavy atom. The summed E-state index contributed by atoms with van der Waals surface area (Å²) in [6.07, 6.45) is 19.4. The SMILES string of the molecule is CC1C(c2cc3ccccc3n2C)C2CN1c1ccccc12.CC1N(C)CCCCN1c1cc2ccccc2n1C.CC1N(C)c2ccccc2-c2ccccc2N1c1cc2ccccc2n1C.CC1N2CC3CC(CC1(c1cc4ccccc4n1C)C3)C21CCCCC1.CC1N2CCCC(CC2)N1c1cc2ccccc2n1C. The van der Waals surface area contributed by atoms with Crippen LogP contribution in [0.5, 0.6) is 0 Å². The van der Waals surface area contributed by atoms with Crippen LogP contribution in [0, 0.1) is 11.8 Å². The molecule has 590 valence electrons. The van der Waals surface area contributed by atoms with Gasteiger partial charge in [0.25, 0.3) is 0 Å². The number of hydrogen-bond acceptors (Lipinski definition) is 8. The standard InChI is InChI=1S/C24H23N3.C24H32N2.C20H20N2.C17H23N3.C16H23N3/c1-17-25(2)22-14-8-5-11-19(22)20-12-6-9-15-23(20)27(17)24-16-18-10-4-7-13-21(18)26(24)3;1-17-23(22-13-19-8-4-5-9-21(19)25(22)2)14-18-12-20(15-23)24(26(17)16-18)10-6-3-7-11-24;1-13-20(16-12-22(13)18-10-6-4-8-15(16)18)19-11-14-7-3-5-9-17(14)21(19)2;1-13-19-10-5-7-15(9-11-19)20(13)17-12-14-6-3-4-8-16(14)18(17)2;1-13-17(2)10-6-7-11-19(13)16-12-14-8-4-5-9-15(14)18(16)3/h4-17H,1-3H3;4-5,8-9,13,17-18,20H,3,6-7,10-12,14-16H2,1-2H3;3-11,13,16,20H,12H2,1-2H3;3-4,6,8,12-13,15H,5,7,9-11H2,1-2H3;4-5,8-9,12-13H,6-7,10-11H2,1-3H3. The summed E-state index contributed by atoms with van der Waals surface area (Å²) in [5.74, 6) is 7.01. The fourth-order valence-corrected chi connectivity index (χ4v) is 24.4. The molecule has 12 aliphatic rings. The number of anilines is 6. The van der Waals surface area contributed by atoms with Gasteiger partial charge in [0.05, 0.1) is 18.0 Å². The summed E-state index contributed by atoms with van der Waals surface area (Å²) in [6.45, 7) is 19.3. The third-order valence-electron chi connectivity index (χ3n) is 30.5. The van der Waals surface area contributed by atoms with Crippen LogP contribution in [-0.2, 0) is 40.7 Å². The van der Waals surface area contributed by atoms with E-state index in [0.717, 1.165) is 18.4 Å². The Labute approximate surface area is 677 Å². The molecule has 114 heavy (non-hydrogen) atoms. The molecule has 0 radical (unpaired) electrons. The van der Waals surface area contributed by atoms with Crippen LogP contribution in [-0.4, -0.2) is 133 Å². The molecule has 15 heterocycles. The lowest BCUT2D eigenvalue weighted by molar-refractivity contribution is -0.183. The predicted octanol–water partition coefficient (Wildman–Crippen LogP) is 21.6. The number of aryl methyl sites for hydroxylation is 5. The van der Waals surface area contributed by atoms with E-state index in [1.54, 1.807) is 5.69 Å². The third kappa shape index (κ3) is 12.3. The zero-order valence-corrected chi connectivity index (χ0v) is 69.9. The van der Waals surface area contributed by atoms with Gasteiger partial charge in [0.15, 0.2) is 0 Å². The van der Waals surface area contributed by atoms with Crippen molar-refractivity contribution in [2.45, 2.75) is 178 Å². The van der Waals surface area contributed by atoms with Crippen molar-refractivity contribution in [2.75, 3.05) is 77.9 Å². The Hall–Kier alpha value is -9.66. The Morgan fingerprint density at radius 2 is 0.921 bits per heavy atom. The van der Waals surface area contributed by atoms with Crippen LogP contribution < -0.4 is 24.5 Å². The maximum atomic E-state index is 3.04. The molecule has 2 aliphatic carbocycles. The van der Waals surface area contributed by atoms with Crippen molar-refractivity contribution in [3.05, 3.63) is 241 Å². The highest BCUT2D eigenvalue weighted by Crippen LogP contribution is 2.64. The van der Waals surface area contributed by atoms with Crippen molar-refractivity contribution in [2.24, 2.45) is 47.1 Å². The van der Waals surface area contributed by atoms with Crippen molar-refractivity contribution in [1.82, 2.24) is 37.5 Å². The lowest BCUT2D eigenvalue weighted by Gasteiger charge is -2.71. The van der Waals surface area contributed by atoms with Gasteiger partial charge in [0.1, 0.15) is 23.6 Å². The van der Waals surface area contributed by atoms with Gasteiger partial charge in [-0.25, -0.2) is 0 Å². The smallest absolute Gasteiger partial charge is 0.115 e. The molecule has 13 unspecified atom stereocenters. The van der Waals surface area contributed by atoms with Gasteiger partial charge >= 0.3 is 0 Å². The topological polar surface area (TPSA) is 50.6 Å². The molecule has 0 amide bonds. The Balaban J connectivity index is 0.0000000962. The van der Waals surface area contributed by atoms with Gasteiger partial charge in [-0.3, -0.25) is 14.7 Å². The second kappa shape index (κ2) is 29.9. The highest BCUT2D eigenvalue weighted by Gasteiger charge is 2.65. The lowest BCUT2D eigenvalue weighted by atomic mass is 9.48. The van der Waals surface area contributed by atoms with Crippen molar-refractivity contribution >= 4 is 89.0 Å². The minimum Gasteiger partial charge on any atom is -0.367 e. The van der Waals surface area contributed by atoms with E-state index in [2.05, 4.69) is 370 Å². The summed E-state index contributed by atoms with van der Waals surface area (Å²) in [5.41, 5.74) is 18.7. The van der Waals surface area contributed by atoms with E-state index < -0.39 is 0 Å². The van der Waals surface area contributed by atoms with Crippen LogP contribution in [0.25, 0.3) is 65.6 Å². The van der Waals surface area contributed by atoms with E-state index in [4.69, 9.17) is 0 Å². The third-order valence-corrected chi connectivity index (χ3v) is 30.5. The monoisotopic (exact) mass is 1520 g/mol. The highest BCUT2D eigenvalue weighted by molar-refractivity contribution is 5.95. The Kier molecular flexibility index (Phi) is 19.5. The minimum atomic E-state index is 0.179. The van der Waals surface area contributed by atoms with Gasteiger partial charge in [-0.15, -0.1) is 0 Å². The van der Waals surface area contributed by atoms with Gasteiger partial charge in [-0.05, 0) is 219 Å². The average Bonchev–Trinajstić information content (AvgIpc) is 1.50. The van der Waals surface area contributed by atoms with E-state index in [9.17, 15) is 0 Å². The number of aromatic nitrogens is 5. The first-order valence-corrected chi connectivity index (χ1v) is 43.5. The summed E-state index contributed by atoms with van der Waals surface area (Å²) in [7, 11) is 15.5. The maximum absolute atomic E-state index is 3.04. The molecular formula is C101H121N13. The molecule has 8 aromatic carbocycles. The van der Waals surface area contributed by atoms with Gasteiger partial charge in [-0.1, -0.05) is 165 Å². The molecule has 2 saturated carbocycles. The summed E-state index contributed by atoms with van der Waals surface area (Å²) in [4.78, 5) is 20.7. The first-order valence-electron chi connectivity index (χ1n) is 43.5. The lowest BCUT2D eigenvalue weighted by Crippen LogP contribution is -2.75. The summed E-state index contributed by atoms with van der Waals surface area (Å²) >= 11 is 0. The molecule has 13 aromatic rings. The summed E-state index contributed by atoms with van der Waals surface area (Å²) in [5, 5.41) is 6.74. The van der Waals surface area contributed by atoms with Crippen LogP contribution in [0.15, 0.2) is 224 Å². The molecule has 10 fully saturated rings. The van der Waals surface area contributed by atoms with E-state index in [1.807, 2.05) is 0 Å². The first kappa shape index (κ1) is 74.4. The number of hydrogen-bond donors (Lipinski definition) is 0. The van der Waals surface area contributed by atoms with E-state index >= 15 is 0 Å². The second-order valence-corrected chi connectivity index (χ2v) is 36.0. The molecule has 13 heteroatoms. The zero-order valence-electron chi connectivity index (χ0n) is 69.9. The molecule has 1 spiro atoms. The molecule has 13 nitrogen and oxygen atoms in total. The Bertz CT molecular complexity index is 5660. The van der Waals surface area contributed by atoms with Crippen LogP contribution in [0.3, 0.4) is 0 Å². The van der Waals surface area contributed by atoms with Crippen LogP contribution in [0.2, 0.25) is 0 Å². The normalized spacial score (nSPS) is 27.0. The second-order valence-electron chi connectivity index (χ2n) is 36.0. The fourth-order valence-electron chi connectivity index (χ4n) is 24.4. The first-order chi connectivity index (χ1) is 55.5. The van der Waals surface area contributed by atoms with Crippen LogP contribution in [0.4, 0.5) is 34.5 Å². The highest BCUT2D eigenvalue weighted by atomic mass is 15.4. The summed E-state index contributed by atoms with van der Waals surface area (Å²) in [6, 6.07) is 83.9. The largest absolute Gasteiger partial charge is 0.367 e.